The van der Waals surface area contributed by atoms with E-state index in [4.69, 9.17) is 0 Å². The Labute approximate surface area is 186 Å². The van der Waals surface area contributed by atoms with Crippen LogP contribution in [0, 0.1) is 6.92 Å². The summed E-state index contributed by atoms with van der Waals surface area (Å²) in [5.41, 5.74) is 1.01. The zero-order valence-electron chi connectivity index (χ0n) is 17.5. The Bertz CT molecular complexity index is 1180. The van der Waals surface area contributed by atoms with Crippen LogP contribution in [0.25, 0.3) is 10.8 Å². The van der Waals surface area contributed by atoms with Crippen LogP contribution in [0.1, 0.15) is 18.5 Å². The van der Waals surface area contributed by atoms with E-state index >= 15 is 0 Å². The average Bonchev–Trinajstić information content (AvgIpc) is 3.05. The fourth-order valence-electron chi connectivity index (χ4n) is 3.71. The number of sulfonamides is 1. The minimum absolute atomic E-state index is 0.0293. The maximum absolute atomic E-state index is 12.7. The van der Waals surface area contributed by atoms with Gasteiger partial charge in [0.05, 0.1) is 10.6 Å². The Morgan fingerprint density at radius 1 is 1.10 bits per heavy atom. The molecule has 1 aliphatic rings. The molecule has 7 nitrogen and oxygen atoms in total. The number of anilines is 1. The van der Waals surface area contributed by atoms with Crippen molar-refractivity contribution in [1.82, 2.24) is 14.6 Å². The summed E-state index contributed by atoms with van der Waals surface area (Å²) in [5.74, 6) is -0.0293. The third-order valence-corrected chi connectivity index (χ3v) is 7.87. The molecule has 0 atom stereocenters. The molecule has 1 aromatic heterocycles. The van der Waals surface area contributed by atoms with Gasteiger partial charge in [0.2, 0.25) is 15.9 Å². The molecule has 1 saturated heterocycles. The highest BCUT2D eigenvalue weighted by molar-refractivity contribution is 7.89. The predicted molar refractivity (Wildman–Crippen MR) is 124 cm³/mol. The number of aromatic nitrogens is 1. The maximum Gasteiger partial charge on any atom is 0.240 e. The van der Waals surface area contributed by atoms with Gasteiger partial charge in [0.1, 0.15) is 0 Å². The largest absolute Gasteiger partial charge is 0.346 e. The van der Waals surface area contributed by atoms with E-state index in [0.717, 1.165) is 41.1 Å². The Kier molecular flexibility index (Phi) is 6.54. The van der Waals surface area contributed by atoms with Gasteiger partial charge in [0.15, 0.2) is 5.13 Å². The van der Waals surface area contributed by atoms with Crippen molar-refractivity contribution in [3.8, 4) is 0 Å². The topological polar surface area (TPSA) is 82.6 Å². The minimum atomic E-state index is -3.66. The summed E-state index contributed by atoms with van der Waals surface area (Å²) >= 11 is 1.62. The molecule has 0 aliphatic carbocycles. The van der Waals surface area contributed by atoms with E-state index in [9.17, 15) is 13.2 Å². The van der Waals surface area contributed by atoms with Crippen LogP contribution in [0.4, 0.5) is 5.13 Å². The molecule has 1 amide bonds. The predicted octanol–water partition coefficient (Wildman–Crippen LogP) is 3.01. The number of fused-ring (bicyclic) bond motifs is 1. The van der Waals surface area contributed by atoms with Crippen molar-refractivity contribution in [1.29, 1.82) is 0 Å². The van der Waals surface area contributed by atoms with Gasteiger partial charge < -0.3 is 9.80 Å². The highest BCUT2D eigenvalue weighted by Crippen LogP contribution is 2.22. The number of rotatable bonds is 6. The Morgan fingerprint density at radius 3 is 2.68 bits per heavy atom. The first-order chi connectivity index (χ1) is 14.9. The lowest BCUT2D eigenvalue weighted by Crippen LogP contribution is -2.37. The minimum Gasteiger partial charge on any atom is -0.346 e. The molecule has 4 rings (SSSR count). The van der Waals surface area contributed by atoms with Crippen molar-refractivity contribution in [3.63, 3.8) is 0 Å². The third kappa shape index (κ3) is 5.23. The van der Waals surface area contributed by atoms with Gasteiger partial charge in [-0.15, -0.1) is 11.3 Å². The van der Waals surface area contributed by atoms with Crippen molar-refractivity contribution in [2.45, 2.75) is 24.7 Å². The standard InChI is InChI=1S/C22H26N4O3S2/c1-17-16-30-22(24-17)26-12-4-11-25(13-14-26)21(27)9-10-23-31(28,29)20-8-7-18-5-2-3-6-19(18)15-20/h2-3,5-8,15-16,23H,4,9-14H2,1H3. The van der Waals surface area contributed by atoms with Crippen molar-refractivity contribution >= 4 is 43.2 Å². The number of hydrogen-bond acceptors (Lipinski definition) is 6. The Morgan fingerprint density at radius 2 is 1.90 bits per heavy atom. The van der Waals surface area contributed by atoms with Crippen LogP contribution in [-0.2, 0) is 14.8 Å². The summed E-state index contributed by atoms with van der Waals surface area (Å²) in [4.78, 5) is 21.4. The molecule has 0 spiro atoms. The van der Waals surface area contributed by atoms with Crippen LogP contribution in [0.2, 0.25) is 0 Å². The summed E-state index contributed by atoms with van der Waals surface area (Å²) in [5, 5.41) is 4.88. The van der Waals surface area contributed by atoms with Gasteiger partial charge >= 0.3 is 0 Å². The van der Waals surface area contributed by atoms with Gasteiger partial charge in [-0.05, 0) is 36.2 Å². The third-order valence-electron chi connectivity index (χ3n) is 5.39. The van der Waals surface area contributed by atoms with Crippen molar-refractivity contribution in [3.05, 3.63) is 53.5 Å². The summed E-state index contributed by atoms with van der Waals surface area (Å²) < 4.78 is 27.9. The van der Waals surface area contributed by atoms with Crippen molar-refractivity contribution in [2.24, 2.45) is 0 Å². The second-order valence-electron chi connectivity index (χ2n) is 7.65. The average molecular weight is 459 g/mol. The van der Waals surface area contributed by atoms with Gasteiger partial charge in [-0.3, -0.25) is 4.79 Å². The van der Waals surface area contributed by atoms with Crippen LogP contribution >= 0.6 is 11.3 Å². The molecule has 0 unspecified atom stereocenters. The zero-order chi connectivity index (χ0) is 21.8. The van der Waals surface area contributed by atoms with E-state index in [0.29, 0.717) is 13.1 Å². The number of nitrogens with zero attached hydrogens (tertiary/aromatic N) is 3. The Balaban J connectivity index is 1.30. The lowest BCUT2D eigenvalue weighted by molar-refractivity contribution is -0.130. The normalized spacial score (nSPS) is 15.3. The fraction of sp³-hybridized carbons (Fsp3) is 0.364. The monoisotopic (exact) mass is 458 g/mol. The Hall–Kier alpha value is -2.49. The van der Waals surface area contributed by atoms with Crippen molar-refractivity contribution in [2.75, 3.05) is 37.6 Å². The number of hydrogen-bond donors (Lipinski definition) is 1. The van der Waals surface area contributed by atoms with E-state index < -0.39 is 10.0 Å². The first kappa shape index (κ1) is 21.7. The van der Waals surface area contributed by atoms with Gasteiger partial charge in [0.25, 0.3) is 0 Å². The highest BCUT2D eigenvalue weighted by atomic mass is 32.2. The molecule has 3 aromatic rings. The molecule has 0 bridgehead atoms. The number of benzene rings is 2. The quantitative estimate of drug-likeness (QED) is 0.614. The molecule has 9 heteroatoms. The van der Waals surface area contributed by atoms with Crippen LogP contribution in [0.3, 0.4) is 0 Å². The lowest BCUT2D eigenvalue weighted by Gasteiger charge is -2.21. The van der Waals surface area contributed by atoms with Gasteiger partial charge in [-0.2, -0.15) is 0 Å². The molecule has 0 saturated carbocycles. The SMILES string of the molecule is Cc1csc(N2CCCN(C(=O)CCNS(=O)(=O)c3ccc4ccccc4c3)CC2)n1. The molecule has 2 heterocycles. The molecular formula is C22H26N4O3S2. The highest BCUT2D eigenvalue weighted by Gasteiger charge is 2.21. The molecular weight excluding hydrogens is 432 g/mol. The number of nitrogens with one attached hydrogen (secondary N) is 1. The second-order valence-corrected chi connectivity index (χ2v) is 10.3. The van der Waals surface area contributed by atoms with Gasteiger partial charge in [0, 0.05) is 44.5 Å². The number of carbonyl (C=O) groups excluding carboxylic acids is 1. The number of thiazole rings is 1. The first-order valence-electron chi connectivity index (χ1n) is 10.4. The first-order valence-corrected chi connectivity index (χ1v) is 12.7. The van der Waals surface area contributed by atoms with Gasteiger partial charge in [-0.25, -0.2) is 18.1 Å². The number of carbonyl (C=O) groups is 1. The summed E-state index contributed by atoms with van der Waals surface area (Å²) in [7, 11) is -3.66. The van der Waals surface area contributed by atoms with Crippen LogP contribution in [-0.4, -0.2) is 56.9 Å². The van der Waals surface area contributed by atoms with E-state index in [2.05, 4.69) is 14.6 Å². The molecule has 2 aromatic carbocycles. The zero-order valence-corrected chi connectivity index (χ0v) is 19.1. The van der Waals surface area contributed by atoms with E-state index in [1.54, 1.807) is 29.5 Å². The molecule has 1 N–H and O–H groups in total. The van der Waals surface area contributed by atoms with Crippen LogP contribution < -0.4 is 9.62 Å². The van der Waals surface area contributed by atoms with Crippen molar-refractivity contribution < 1.29 is 13.2 Å². The second kappa shape index (κ2) is 9.33. The molecule has 1 fully saturated rings. The molecule has 31 heavy (non-hydrogen) atoms. The molecule has 1 aliphatic heterocycles. The van der Waals surface area contributed by atoms with E-state index in [1.807, 2.05) is 41.5 Å². The fourth-order valence-corrected chi connectivity index (χ4v) is 5.64. The van der Waals surface area contributed by atoms with Crippen LogP contribution in [0.5, 0.6) is 0 Å². The van der Waals surface area contributed by atoms with Crippen LogP contribution in [0.15, 0.2) is 52.7 Å². The summed E-state index contributed by atoms with van der Waals surface area (Å²) in [6, 6.07) is 12.7. The smallest absolute Gasteiger partial charge is 0.240 e. The van der Waals surface area contributed by atoms with E-state index in [1.165, 1.54) is 0 Å². The maximum atomic E-state index is 12.7. The number of aryl methyl sites for hydroxylation is 1. The van der Waals surface area contributed by atoms with Gasteiger partial charge in [-0.1, -0.05) is 30.3 Å². The molecule has 164 valence electrons. The summed E-state index contributed by atoms with van der Waals surface area (Å²) in [6.07, 6.45) is 1.01. The lowest BCUT2D eigenvalue weighted by atomic mass is 10.1. The number of amides is 1. The summed E-state index contributed by atoms with van der Waals surface area (Å²) in [6.45, 7) is 4.96. The molecule has 0 radical (unpaired) electrons. The van der Waals surface area contributed by atoms with E-state index in [-0.39, 0.29) is 23.8 Å².